The molecule has 1 aliphatic carbocycles. The number of nitrogens with zero attached hydrogens (tertiary/aromatic N) is 1. The second-order valence-electron chi connectivity index (χ2n) is 6.48. The summed E-state index contributed by atoms with van der Waals surface area (Å²) in [6, 6.07) is 0. The minimum absolute atomic E-state index is 0.0668. The molecule has 0 heterocycles. The summed E-state index contributed by atoms with van der Waals surface area (Å²) in [7, 11) is 4.25. The zero-order chi connectivity index (χ0) is 14.5. The van der Waals surface area contributed by atoms with Crippen LogP contribution in [-0.2, 0) is 4.79 Å². The lowest BCUT2D eigenvalue weighted by molar-refractivity contribution is -0.126. The Balaban J connectivity index is 2.59. The molecule has 112 valence electrons. The average molecular weight is 269 g/mol. The summed E-state index contributed by atoms with van der Waals surface area (Å²) in [6.07, 6.45) is 6.20. The van der Waals surface area contributed by atoms with Gasteiger partial charge >= 0.3 is 0 Å². The minimum atomic E-state index is -0.0668. The molecule has 0 bridgehead atoms. The molecule has 1 aliphatic rings. The van der Waals surface area contributed by atoms with Crippen molar-refractivity contribution in [3.8, 4) is 0 Å². The summed E-state index contributed by atoms with van der Waals surface area (Å²) in [5.74, 6) is 0.346. The van der Waals surface area contributed by atoms with Gasteiger partial charge in [0.25, 0.3) is 0 Å². The number of carbonyl (C=O) groups is 1. The molecule has 3 N–H and O–H groups in total. The lowest BCUT2D eigenvalue weighted by atomic mass is 9.80. The molecule has 0 aromatic rings. The number of nitrogens with two attached hydrogens (primary N) is 1. The molecule has 4 heteroatoms. The van der Waals surface area contributed by atoms with Gasteiger partial charge in [0.1, 0.15) is 0 Å². The fourth-order valence-electron chi connectivity index (χ4n) is 3.06. The smallest absolute Gasteiger partial charge is 0.224 e. The van der Waals surface area contributed by atoms with Gasteiger partial charge in [0.2, 0.25) is 5.91 Å². The van der Waals surface area contributed by atoms with Gasteiger partial charge < -0.3 is 16.0 Å². The predicted octanol–water partition coefficient (Wildman–Crippen LogP) is 1.60. The number of hydrogen-bond donors (Lipinski definition) is 2. The maximum atomic E-state index is 12.2. The predicted molar refractivity (Wildman–Crippen MR) is 79.9 cm³/mol. The Bertz CT molecular complexity index is 283. The van der Waals surface area contributed by atoms with Crippen molar-refractivity contribution >= 4 is 5.91 Å². The maximum Gasteiger partial charge on any atom is 0.224 e. The van der Waals surface area contributed by atoms with E-state index in [1.54, 1.807) is 0 Å². The first-order valence-corrected chi connectivity index (χ1v) is 7.58. The molecule has 0 saturated heterocycles. The molecule has 1 amide bonds. The van der Waals surface area contributed by atoms with E-state index in [1.807, 2.05) is 0 Å². The summed E-state index contributed by atoms with van der Waals surface area (Å²) in [6.45, 7) is 5.29. The van der Waals surface area contributed by atoms with Gasteiger partial charge in [-0.25, -0.2) is 0 Å². The monoisotopic (exact) mass is 269 g/mol. The lowest BCUT2D eigenvalue weighted by Gasteiger charge is -2.43. The normalized spacial score (nSPS) is 20.6. The van der Waals surface area contributed by atoms with Crippen LogP contribution in [0.5, 0.6) is 0 Å². The summed E-state index contributed by atoms with van der Waals surface area (Å²) >= 11 is 0. The van der Waals surface area contributed by atoms with Crippen LogP contribution < -0.4 is 11.1 Å². The molecule has 0 radical (unpaired) electrons. The van der Waals surface area contributed by atoms with Crippen LogP contribution in [0.15, 0.2) is 0 Å². The van der Waals surface area contributed by atoms with E-state index in [1.165, 1.54) is 32.1 Å². The number of carbonyl (C=O) groups excluding carboxylic acids is 1. The van der Waals surface area contributed by atoms with E-state index in [9.17, 15) is 4.79 Å². The van der Waals surface area contributed by atoms with Crippen molar-refractivity contribution in [3.05, 3.63) is 0 Å². The highest BCUT2D eigenvalue weighted by Gasteiger charge is 2.35. The van der Waals surface area contributed by atoms with Crippen molar-refractivity contribution in [2.45, 2.75) is 51.5 Å². The molecule has 19 heavy (non-hydrogen) atoms. The average Bonchev–Trinajstić information content (AvgIpc) is 2.37. The van der Waals surface area contributed by atoms with Crippen molar-refractivity contribution in [3.63, 3.8) is 0 Å². The zero-order valence-corrected chi connectivity index (χ0v) is 13.0. The third-order valence-electron chi connectivity index (χ3n) is 4.72. The highest BCUT2D eigenvalue weighted by atomic mass is 16.1. The van der Waals surface area contributed by atoms with Gasteiger partial charge in [-0.2, -0.15) is 0 Å². The van der Waals surface area contributed by atoms with Gasteiger partial charge in [0.15, 0.2) is 0 Å². The minimum Gasteiger partial charge on any atom is -0.354 e. The van der Waals surface area contributed by atoms with Gasteiger partial charge in [-0.3, -0.25) is 4.79 Å². The Morgan fingerprint density at radius 2 is 1.84 bits per heavy atom. The summed E-state index contributed by atoms with van der Waals surface area (Å²) in [4.78, 5) is 14.5. The highest BCUT2D eigenvalue weighted by molar-refractivity contribution is 5.79. The quantitative estimate of drug-likeness (QED) is 0.770. The van der Waals surface area contributed by atoms with E-state index < -0.39 is 0 Å². The van der Waals surface area contributed by atoms with Crippen LogP contribution >= 0.6 is 0 Å². The standard InChI is InChI=1S/C15H31N3O/c1-12(2)13(10-16)14(19)17-11-15(18(3)4)8-6-5-7-9-15/h12-13H,5-11,16H2,1-4H3,(H,17,19). The molecule has 1 fully saturated rings. The summed E-state index contributed by atoms with van der Waals surface area (Å²) in [5, 5.41) is 3.15. The molecular formula is C15H31N3O. The van der Waals surface area contributed by atoms with Crippen LogP contribution in [0.3, 0.4) is 0 Å². The molecule has 0 aliphatic heterocycles. The molecule has 1 rings (SSSR count). The molecule has 0 aromatic carbocycles. The second-order valence-corrected chi connectivity index (χ2v) is 6.48. The highest BCUT2D eigenvalue weighted by Crippen LogP contribution is 2.31. The van der Waals surface area contributed by atoms with E-state index >= 15 is 0 Å². The van der Waals surface area contributed by atoms with Gasteiger partial charge in [-0.15, -0.1) is 0 Å². The first-order valence-electron chi connectivity index (χ1n) is 7.58. The van der Waals surface area contributed by atoms with E-state index in [0.29, 0.717) is 12.5 Å². The van der Waals surface area contributed by atoms with E-state index in [0.717, 1.165) is 6.54 Å². The second kappa shape index (κ2) is 7.25. The third kappa shape index (κ3) is 4.18. The van der Waals surface area contributed by atoms with Crippen LogP contribution in [0, 0.1) is 11.8 Å². The van der Waals surface area contributed by atoms with Crippen molar-refractivity contribution in [1.29, 1.82) is 0 Å². The third-order valence-corrected chi connectivity index (χ3v) is 4.72. The van der Waals surface area contributed by atoms with Crippen molar-refractivity contribution < 1.29 is 4.79 Å². The SMILES string of the molecule is CC(C)C(CN)C(=O)NCC1(N(C)C)CCCCC1. The van der Waals surface area contributed by atoms with Gasteiger partial charge in [-0.05, 0) is 32.9 Å². The van der Waals surface area contributed by atoms with Gasteiger partial charge in [0.05, 0.1) is 5.92 Å². The van der Waals surface area contributed by atoms with Crippen LogP contribution in [0.25, 0.3) is 0 Å². The molecule has 0 spiro atoms. The molecular weight excluding hydrogens is 238 g/mol. The number of nitrogens with one attached hydrogen (secondary N) is 1. The van der Waals surface area contributed by atoms with Crippen molar-refractivity contribution in [1.82, 2.24) is 10.2 Å². The summed E-state index contributed by atoms with van der Waals surface area (Å²) < 4.78 is 0. The topological polar surface area (TPSA) is 58.4 Å². The number of amides is 1. The number of likely N-dealkylation sites (N-methyl/N-ethyl adjacent to an activating group) is 1. The van der Waals surface area contributed by atoms with Crippen LogP contribution in [0.1, 0.15) is 46.0 Å². The first kappa shape index (κ1) is 16.4. The Kier molecular flexibility index (Phi) is 6.27. The lowest BCUT2D eigenvalue weighted by Crippen LogP contribution is -2.55. The van der Waals surface area contributed by atoms with E-state index in [-0.39, 0.29) is 17.4 Å². The van der Waals surface area contributed by atoms with Gasteiger partial charge in [-0.1, -0.05) is 33.1 Å². The fraction of sp³-hybridized carbons (Fsp3) is 0.933. The molecule has 1 atom stereocenters. The van der Waals surface area contributed by atoms with Crippen LogP contribution in [0.4, 0.5) is 0 Å². The largest absolute Gasteiger partial charge is 0.354 e. The Morgan fingerprint density at radius 3 is 2.26 bits per heavy atom. The van der Waals surface area contributed by atoms with Crippen LogP contribution in [0.2, 0.25) is 0 Å². The van der Waals surface area contributed by atoms with Gasteiger partial charge in [0, 0.05) is 18.6 Å². The fourth-order valence-corrected chi connectivity index (χ4v) is 3.06. The summed E-state index contributed by atoms with van der Waals surface area (Å²) in [5.41, 5.74) is 5.85. The number of rotatable bonds is 6. The Labute approximate surface area is 118 Å². The van der Waals surface area contributed by atoms with Crippen molar-refractivity contribution in [2.24, 2.45) is 17.6 Å². The van der Waals surface area contributed by atoms with E-state index in [2.05, 4.69) is 38.2 Å². The zero-order valence-electron chi connectivity index (χ0n) is 13.0. The Morgan fingerprint density at radius 1 is 1.26 bits per heavy atom. The molecule has 1 saturated carbocycles. The first-order chi connectivity index (χ1) is 8.93. The molecule has 1 unspecified atom stereocenters. The van der Waals surface area contributed by atoms with E-state index in [4.69, 9.17) is 5.73 Å². The van der Waals surface area contributed by atoms with Crippen molar-refractivity contribution in [2.75, 3.05) is 27.2 Å². The maximum absolute atomic E-state index is 12.2. The molecule has 4 nitrogen and oxygen atoms in total. The Hall–Kier alpha value is -0.610. The number of hydrogen-bond acceptors (Lipinski definition) is 3. The van der Waals surface area contributed by atoms with Crippen LogP contribution in [-0.4, -0.2) is 43.5 Å². The molecule has 0 aromatic heterocycles.